The molecule has 1 aliphatic heterocycles. The molecule has 1 heterocycles. The van der Waals surface area contributed by atoms with E-state index in [1.54, 1.807) is 0 Å². The zero-order valence-electron chi connectivity index (χ0n) is 5.97. The maximum absolute atomic E-state index is 5.74. The summed E-state index contributed by atoms with van der Waals surface area (Å²) in [5.41, 5.74) is 5.74. The van der Waals surface area contributed by atoms with Crippen molar-refractivity contribution in [1.82, 2.24) is 0 Å². The minimum absolute atomic E-state index is 0.310. The fourth-order valence-electron chi connectivity index (χ4n) is 0.928. The zero-order valence-corrected chi connectivity index (χ0v) is 5.97. The molecule has 0 aromatic heterocycles. The molecule has 0 aliphatic carbocycles. The van der Waals surface area contributed by atoms with Gasteiger partial charge in [-0.05, 0) is 6.42 Å². The van der Waals surface area contributed by atoms with Crippen LogP contribution in [0.2, 0.25) is 0 Å². The van der Waals surface area contributed by atoms with E-state index in [-0.39, 0.29) is 0 Å². The van der Waals surface area contributed by atoms with Gasteiger partial charge in [-0.25, -0.2) is 0 Å². The lowest BCUT2D eigenvalue weighted by Crippen LogP contribution is -2.26. The Morgan fingerprint density at radius 3 is 2.89 bits per heavy atom. The lowest BCUT2D eigenvalue weighted by atomic mass is 10.1. The average Bonchev–Trinajstić information content (AvgIpc) is 2.63. The highest BCUT2D eigenvalue weighted by molar-refractivity contribution is 4.81. The molecule has 0 bridgehead atoms. The molecule has 1 fully saturated rings. The maximum atomic E-state index is 5.74. The molecule has 0 aromatic rings. The molecule has 2 unspecified atom stereocenters. The first-order valence-electron chi connectivity index (χ1n) is 3.71. The van der Waals surface area contributed by atoms with E-state index in [1.807, 2.05) is 0 Å². The minimum Gasteiger partial charge on any atom is -0.371 e. The van der Waals surface area contributed by atoms with Gasteiger partial charge in [0.1, 0.15) is 0 Å². The van der Waals surface area contributed by atoms with Crippen molar-refractivity contribution in [2.75, 3.05) is 6.61 Å². The molecule has 1 aliphatic rings. The van der Waals surface area contributed by atoms with Crippen LogP contribution in [0.25, 0.3) is 0 Å². The number of hydrogen-bond donors (Lipinski definition) is 1. The third-order valence-electron chi connectivity index (χ3n) is 1.73. The molecule has 2 heteroatoms. The van der Waals surface area contributed by atoms with Crippen LogP contribution in [0.3, 0.4) is 0 Å². The quantitative estimate of drug-likeness (QED) is 0.573. The van der Waals surface area contributed by atoms with Crippen molar-refractivity contribution in [2.24, 2.45) is 5.73 Å². The molecule has 0 spiro atoms. The highest BCUT2D eigenvalue weighted by atomic mass is 16.6. The molecule has 9 heavy (non-hydrogen) atoms. The summed E-state index contributed by atoms with van der Waals surface area (Å²) in [5.74, 6) is 0. The standard InChI is InChI=1S/C7H15NO/c1-2-3-4-6(8)7-5-9-7/h6-7H,2-5,8H2,1H3. The van der Waals surface area contributed by atoms with Crippen LogP contribution in [0.5, 0.6) is 0 Å². The van der Waals surface area contributed by atoms with Crippen molar-refractivity contribution in [1.29, 1.82) is 0 Å². The summed E-state index contributed by atoms with van der Waals surface area (Å²) in [6.07, 6.45) is 4.00. The lowest BCUT2D eigenvalue weighted by Gasteiger charge is -2.04. The first-order valence-corrected chi connectivity index (χ1v) is 3.71. The smallest absolute Gasteiger partial charge is 0.0960 e. The molecular weight excluding hydrogens is 114 g/mol. The van der Waals surface area contributed by atoms with E-state index in [0.29, 0.717) is 12.1 Å². The molecule has 54 valence electrons. The average molecular weight is 129 g/mol. The Kier molecular flexibility index (Phi) is 2.49. The number of nitrogens with two attached hydrogens (primary N) is 1. The third-order valence-corrected chi connectivity index (χ3v) is 1.73. The Morgan fingerprint density at radius 1 is 1.78 bits per heavy atom. The van der Waals surface area contributed by atoms with E-state index in [4.69, 9.17) is 10.5 Å². The molecule has 2 atom stereocenters. The van der Waals surface area contributed by atoms with Crippen LogP contribution in [-0.4, -0.2) is 18.8 Å². The zero-order chi connectivity index (χ0) is 6.69. The largest absolute Gasteiger partial charge is 0.371 e. The van der Waals surface area contributed by atoms with Gasteiger partial charge in [0.15, 0.2) is 0 Å². The number of unbranched alkanes of at least 4 members (excludes halogenated alkanes) is 1. The molecule has 2 nitrogen and oxygen atoms in total. The summed E-state index contributed by atoms with van der Waals surface area (Å²) < 4.78 is 5.04. The Hall–Kier alpha value is -0.0800. The summed E-state index contributed by atoms with van der Waals surface area (Å²) in [7, 11) is 0. The van der Waals surface area contributed by atoms with E-state index in [2.05, 4.69) is 6.92 Å². The normalized spacial score (nSPS) is 28.0. The fraction of sp³-hybridized carbons (Fsp3) is 1.00. The Morgan fingerprint density at radius 2 is 2.44 bits per heavy atom. The van der Waals surface area contributed by atoms with Crippen molar-refractivity contribution in [3.63, 3.8) is 0 Å². The van der Waals surface area contributed by atoms with Crippen molar-refractivity contribution in [3.05, 3.63) is 0 Å². The first-order chi connectivity index (χ1) is 4.34. The molecule has 0 aromatic carbocycles. The highest BCUT2D eigenvalue weighted by Gasteiger charge is 2.28. The topological polar surface area (TPSA) is 38.5 Å². The molecule has 1 saturated heterocycles. The van der Waals surface area contributed by atoms with Crippen molar-refractivity contribution >= 4 is 0 Å². The lowest BCUT2D eigenvalue weighted by molar-refractivity contribution is 0.360. The SMILES string of the molecule is CCCCC(N)C1CO1. The van der Waals surface area contributed by atoms with Crippen LogP contribution in [0.15, 0.2) is 0 Å². The maximum Gasteiger partial charge on any atom is 0.0960 e. The number of epoxide rings is 1. The molecule has 2 N–H and O–H groups in total. The van der Waals surface area contributed by atoms with Gasteiger partial charge in [0, 0.05) is 6.04 Å². The fourth-order valence-corrected chi connectivity index (χ4v) is 0.928. The predicted octanol–water partition coefficient (Wildman–Crippen LogP) is 0.903. The molecule has 0 amide bonds. The summed E-state index contributed by atoms with van der Waals surface area (Å²) in [5, 5.41) is 0. The van der Waals surface area contributed by atoms with Gasteiger partial charge in [-0.2, -0.15) is 0 Å². The monoisotopic (exact) mass is 129 g/mol. The van der Waals surface area contributed by atoms with Gasteiger partial charge in [0.25, 0.3) is 0 Å². The highest BCUT2D eigenvalue weighted by Crippen LogP contribution is 2.16. The number of rotatable bonds is 4. The van der Waals surface area contributed by atoms with E-state index in [1.165, 1.54) is 12.8 Å². The first kappa shape index (κ1) is 7.03. The number of hydrogen-bond acceptors (Lipinski definition) is 2. The van der Waals surface area contributed by atoms with Gasteiger partial charge in [0.2, 0.25) is 0 Å². The van der Waals surface area contributed by atoms with Gasteiger partial charge in [-0.1, -0.05) is 19.8 Å². The van der Waals surface area contributed by atoms with E-state index < -0.39 is 0 Å². The Labute approximate surface area is 56.4 Å². The molecule has 0 radical (unpaired) electrons. The summed E-state index contributed by atoms with van der Waals surface area (Å²) in [6.45, 7) is 3.07. The van der Waals surface area contributed by atoms with Crippen LogP contribution in [0.4, 0.5) is 0 Å². The summed E-state index contributed by atoms with van der Waals surface area (Å²) in [4.78, 5) is 0. The van der Waals surface area contributed by atoms with Crippen molar-refractivity contribution in [2.45, 2.75) is 38.3 Å². The second-order valence-corrected chi connectivity index (χ2v) is 2.68. The van der Waals surface area contributed by atoms with E-state index in [0.717, 1.165) is 13.0 Å². The second-order valence-electron chi connectivity index (χ2n) is 2.68. The predicted molar refractivity (Wildman–Crippen MR) is 37.2 cm³/mol. The van der Waals surface area contributed by atoms with Crippen molar-refractivity contribution < 1.29 is 4.74 Å². The van der Waals surface area contributed by atoms with Crippen LogP contribution >= 0.6 is 0 Å². The van der Waals surface area contributed by atoms with Crippen LogP contribution < -0.4 is 5.73 Å². The Bertz CT molecular complexity index is 81.0. The second kappa shape index (κ2) is 3.18. The van der Waals surface area contributed by atoms with Gasteiger partial charge in [0.05, 0.1) is 12.7 Å². The van der Waals surface area contributed by atoms with E-state index in [9.17, 15) is 0 Å². The Balaban J connectivity index is 1.96. The third kappa shape index (κ3) is 2.33. The summed E-state index contributed by atoms with van der Waals surface area (Å²) >= 11 is 0. The van der Waals surface area contributed by atoms with Gasteiger partial charge in [-0.15, -0.1) is 0 Å². The summed E-state index contributed by atoms with van der Waals surface area (Å²) in [6, 6.07) is 0.310. The van der Waals surface area contributed by atoms with E-state index >= 15 is 0 Å². The van der Waals surface area contributed by atoms with Gasteiger partial charge in [-0.3, -0.25) is 0 Å². The van der Waals surface area contributed by atoms with Crippen molar-refractivity contribution in [3.8, 4) is 0 Å². The van der Waals surface area contributed by atoms with Gasteiger partial charge < -0.3 is 10.5 Å². The van der Waals surface area contributed by atoms with Crippen LogP contribution in [0, 0.1) is 0 Å². The molecule has 1 rings (SSSR count). The molecule has 0 saturated carbocycles. The van der Waals surface area contributed by atoms with Crippen LogP contribution in [0.1, 0.15) is 26.2 Å². The minimum atomic E-state index is 0.310. The number of ether oxygens (including phenoxy) is 1. The van der Waals surface area contributed by atoms with Crippen LogP contribution in [-0.2, 0) is 4.74 Å². The van der Waals surface area contributed by atoms with Gasteiger partial charge >= 0.3 is 0 Å². The molecular formula is C7H15NO.